The van der Waals surface area contributed by atoms with Crippen LogP contribution < -0.4 is 0 Å². The molecule has 440 valence electrons. The molecule has 0 rings (SSSR count). The highest BCUT2D eigenvalue weighted by Gasteiger charge is 2.19. The number of rotatable bonds is 60. The first kappa shape index (κ1) is 72.8. The molecule has 0 saturated heterocycles. The van der Waals surface area contributed by atoms with Crippen molar-refractivity contribution in [2.75, 3.05) is 13.2 Å². The van der Waals surface area contributed by atoms with E-state index in [-0.39, 0.29) is 31.1 Å². The average Bonchev–Trinajstić information content (AvgIpc) is 3.42. The topological polar surface area (TPSA) is 78.9 Å². The van der Waals surface area contributed by atoms with Crippen LogP contribution in [-0.2, 0) is 28.6 Å². The van der Waals surface area contributed by atoms with Crippen molar-refractivity contribution in [1.29, 1.82) is 0 Å². The predicted molar refractivity (Wildman–Crippen MR) is 330 cm³/mol. The van der Waals surface area contributed by atoms with E-state index in [0.717, 1.165) is 103 Å². The van der Waals surface area contributed by atoms with Gasteiger partial charge < -0.3 is 14.2 Å². The van der Waals surface area contributed by atoms with E-state index in [1.54, 1.807) is 0 Å². The molecular formula is C70H124O6. The summed E-state index contributed by atoms with van der Waals surface area (Å²) in [5.74, 6) is -0.878. The Morgan fingerprint density at radius 2 is 0.513 bits per heavy atom. The number of ether oxygens (including phenoxy) is 3. The second-order valence-corrected chi connectivity index (χ2v) is 22.0. The maximum Gasteiger partial charge on any atom is 0.306 e. The molecule has 1 atom stereocenters. The number of allylic oxidation sites excluding steroid dienone is 12. The summed E-state index contributed by atoms with van der Waals surface area (Å²) in [6.45, 7) is 6.54. The van der Waals surface area contributed by atoms with E-state index in [1.807, 2.05) is 0 Å². The number of hydrogen-bond donors (Lipinski definition) is 0. The van der Waals surface area contributed by atoms with Crippen LogP contribution in [-0.4, -0.2) is 37.2 Å². The maximum absolute atomic E-state index is 12.9. The maximum atomic E-state index is 12.9. The number of carbonyl (C=O) groups is 3. The first-order chi connectivity index (χ1) is 37.5. The Hall–Kier alpha value is -3.15. The normalized spacial score (nSPS) is 12.5. The van der Waals surface area contributed by atoms with Gasteiger partial charge in [0.05, 0.1) is 0 Å². The predicted octanol–water partition coefficient (Wildman–Crippen LogP) is 22.5. The van der Waals surface area contributed by atoms with Crippen molar-refractivity contribution >= 4 is 17.9 Å². The standard InChI is InChI=1S/C70H124O6/c1-4-7-10-13-16-19-22-25-28-30-32-34-35-36-38-39-42-45-48-51-54-57-60-63-69(72)75-66-67(65-74-68(71)62-59-56-53-50-47-44-41-27-24-21-18-15-12-9-6-3)76-70(73)64-61-58-55-52-49-46-43-40-37-33-31-29-26-23-20-17-14-11-8-5-2/h7,10,16,18-19,21,25,27-28,32,34,41,67H,4-6,8-9,11-15,17,20,22-24,26,29-31,33,35-40,42-66H2,1-3H3/b10-7-,19-16-,21-18-,28-25-,34-32-,41-27-. The van der Waals surface area contributed by atoms with Gasteiger partial charge in [0.25, 0.3) is 0 Å². The Labute approximate surface area is 472 Å². The van der Waals surface area contributed by atoms with Gasteiger partial charge in [-0.2, -0.15) is 0 Å². The third-order valence-electron chi connectivity index (χ3n) is 14.4. The molecule has 0 heterocycles. The minimum Gasteiger partial charge on any atom is -0.462 e. The van der Waals surface area contributed by atoms with E-state index in [9.17, 15) is 14.4 Å². The zero-order valence-corrected chi connectivity index (χ0v) is 50.5. The van der Waals surface area contributed by atoms with Gasteiger partial charge >= 0.3 is 17.9 Å². The molecule has 0 fully saturated rings. The number of esters is 3. The van der Waals surface area contributed by atoms with Gasteiger partial charge in [0, 0.05) is 19.3 Å². The SMILES string of the molecule is CC/C=C\C/C=C\C/C=C\C/C=C\CCCCCCCCCCCCC(=O)OCC(COC(=O)CCCCCCC/C=C\C/C=C\CCCCC)OC(=O)CCCCCCCCCCCCCCCCCCCCCC. The molecule has 0 N–H and O–H groups in total. The van der Waals surface area contributed by atoms with Gasteiger partial charge in [-0.3, -0.25) is 14.4 Å². The van der Waals surface area contributed by atoms with Crippen LogP contribution in [0.5, 0.6) is 0 Å². The largest absolute Gasteiger partial charge is 0.462 e. The van der Waals surface area contributed by atoms with Crippen LogP contribution in [0.2, 0.25) is 0 Å². The summed E-state index contributed by atoms with van der Waals surface area (Å²) in [4.78, 5) is 38.4. The van der Waals surface area contributed by atoms with Gasteiger partial charge in [-0.15, -0.1) is 0 Å². The van der Waals surface area contributed by atoms with Gasteiger partial charge in [0.15, 0.2) is 6.10 Å². The molecule has 0 amide bonds. The van der Waals surface area contributed by atoms with Gasteiger partial charge in [0.1, 0.15) is 13.2 Å². The highest BCUT2D eigenvalue weighted by Crippen LogP contribution is 2.17. The summed E-state index contributed by atoms with van der Waals surface area (Å²) in [7, 11) is 0. The van der Waals surface area contributed by atoms with E-state index in [4.69, 9.17) is 14.2 Å². The van der Waals surface area contributed by atoms with Crippen molar-refractivity contribution in [2.45, 2.75) is 341 Å². The van der Waals surface area contributed by atoms with Gasteiger partial charge in [0.2, 0.25) is 0 Å². The van der Waals surface area contributed by atoms with Crippen LogP contribution >= 0.6 is 0 Å². The molecule has 0 aromatic carbocycles. The smallest absolute Gasteiger partial charge is 0.306 e. The van der Waals surface area contributed by atoms with Crippen LogP contribution in [0.25, 0.3) is 0 Å². The lowest BCUT2D eigenvalue weighted by Crippen LogP contribution is -2.30. The summed E-state index contributed by atoms with van der Waals surface area (Å²) in [6, 6.07) is 0. The fraction of sp³-hybridized carbons (Fsp3) is 0.786. The molecule has 76 heavy (non-hydrogen) atoms. The summed E-state index contributed by atoms with van der Waals surface area (Å²) in [5, 5.41) is 0. The average molecular weight is 1060 g/mol. The quantitative estimate of drug-likeness (QED) is 0.0261. The highest BCUT2D eigenvalue weighted by atomic mass is 16.6. The number of hydrogen-bond acceptors (Lipinski definition) is 6. The third kappa shape index (κ3) is 61.7. The van der Waals surface area contributed by atoms with Crippen LogP contribution in [0.4, 0.5) is 0 Å². The van der Waals surface area contributed by atoms with Crippen molar-refractivity contribution in [3.8, 4) is 0 Å². The van der Waals surface area contributed by atoms with Crippen molar-refractivity contribution in [2.24, 2.45) is 0 Å². The van der Waals surface area contributed by atoms with E-state index < -0.39 is 6.10 Å². The molecule has 0 aliphatic carbocycles. The third-order valence-corrected chi connectivity index (χ3v) is 14.4. The molecule has 0 radical (unpaired) electrons. The van der Waals surface area contributed by atoms with Crippen LogP contribution in [0, 0.1) is 0 Å². The first-order valence-electron chi connectivity index (χ1n) is 32.9. The fourth-order valence-electron chi connectivity index (χ4n) is 9.53. The minimum atomic E-state index is -0.783. The molecule has 6 nitrogen and oxygen atoms in total. The second-order valence-electron chi connectivity index (χ2n) is 22.0. The Morgan fingerprint density at radius 1 is 0.276 bits per heavy atom. The molecule has 1 unspecified atom stereocenters. The summed E-state index contributed by atoms with van der Waals surface area (Å²) in [5.41, 5.74) is 0. The zero-order chi connectivity index (χ0) is 55.0. The van der Waals surface area contributed by atoms with E-state index in [2.05, 4.69) is 93.7 Å². The van der Waals surface area contributed by atoms with E-state index in [0.29, 0.717) is 19.3 Å². The monoisotopic (exact) mass is 1060 g/mol. The molecule has 0 aromatic rings. The van der Waals surface area contributed by atoms with Crippen LogP contribution in [0.3, 0.4) is 0 Å². The van der Waals surface area contributed by atoms with E-state index in [1.165, 1.54) is 193 Å². The molecule has 0 saturated carbocycles. The molecule has 0 aliphatic heterocycles. The van der Waals surface area contributed by atoms with Gasteiger partial charge in [-0.05, 0) is 89.9 Å². The van der Waals surface area contributed by atoms with Crippen LogP contribution in [0.15, 0.2) is 72.9 Å². The molecule has 0 aromatic heterocycles. The fourth-order valence-corrected chi connectivity index (χ4v) is 9.53. The van der Waals surface area contributed by atoms with Crippen molar-refractivity contribution in [3.63, 3.8) is 0 Å². The Morgan fingerprint density at radius 3 is 0.829 bits per heavy atom. The number of unbranched alkanes of at least 4 members (excludes halogenated alkanes) is 37. The number of carbonyl (C=O) groups excluding carboxylic acids is 3. The lowest BCUT2D eigenvalue weighted by Gasteiger charge is -2.18. The molecule has 0 spiro atoms. The molecule has 6 heteroatoms. The summed E-state index contributed by atoms with van der Waals surface area (Å²) < 4.78 is 17.0. The minimum absolute atomic E-state index is 0.0791. The Kier molecular flexibility index (Phi) is 61.7. The van der Waals surface area contributed by atoms with Crippen molar-refractivity contribution in [1.82, 2.24) is 0 Å². The lowest BCUT2D eigenvalue weighted by atomic mass is 10.0. The highest BCUT2D eigenvalue weighted by molar-refractivity contribution is 5.71. The van der Waals surface area contributed by atoms with Crippen molar-refractivity contribution in [3.05, 3.63) is 72.9 Å². The molecular weight excluding hydrogens is 937 g/mol. The Balaban J connectivity index is 4.34. The van der Waals surface area contributed by atoms with Crippen LogP contribution in [0.1, 0.15) is 335 Å². The van der Waals surface area contributed by atoms with Crippen molar-refractivity contribution < 1.29 is 28.6 Å². The lowest BCUT2D eigenvalue weighted by molar-refractivity contribution is -0.167. The molecule has 0 bridgehead atoms. The first-order valence-corrected chi connectivity index (χ1v) is 32.9. The second kappa shape index (κ2) is 64.4. The van der Waals surface area contributed by atoms with Gasteiger partial charge in [-0.1, -0.05) is 299 Å². The van der Waals surface area contributed by atoms with E-state index >= 15 is 0 Å². The summed E-state index contributed by atoms with van der Waals surface area (Å²) in [6.07, 6.45) is 83.4. The Bertz CT molecular complexity index is 1400. The van der Waals surface area contributed by atoms with Gasteiger partial charge in [-0.25, -0.2) is 0 Å². The zero-order valence-electron chi connectivity index (χ0n) is 50.5. The molecule has 0 aliphatic rings. The summed E-state index contributed by atoms with van der Waals surface area (Å²) >= 11 is 0.